The summed E-state index contributed by atoms with van der Waals surface area (Å²) in [6.07, 6.45) is -0.453. The second-order valence-corrected chi connectivity index (χ2v) is 16.3. The maximum atomic E-state index is 6.17. The molecule has 0 aromatic heterocycles. The first-order valence-electron chi connectivity index (χ1n) is 6.48. The predicted octanol–water partition coefficient (Wildman–Crippen LogP) is 3.51. The van der Waals surface area contributed by atoms with Crippen LogP contribution in [-0.4, -0.2) is 34.5 Å². The molecule has 1 rings (SSSR count). The van der Waals surface area contributed by atoms with Crippen LogP contribution in [-0.2, 0) is 18.3 Å². The van der Waals surface area contributed by atoms with E-state index >= 15 is 0 Å². The summed E-state index contributed by atoms with van der Waals surface area (Å²) in [5.41, 5.74) is 0. The van der Waals surface area contributed by atoms with Crippen molar-refractivity contribution >= 4 is 16.6 Å². The molecule has 1 aliphatic rings. The van der Waals surface area contributed by atoms with Crippen LogP contribution in [0.2, 0.25) is 39.3 Å². The first kappa shape index (κ1) is 16.3. The molecule has 1 saturated heterocycles. The van der Waals surface area contributed by atoms with Crippen LogP contribution < -0.4 is 0 Å². The quantitative estimate of drug-likeness (QED) is 0.743. The third-order valence-corrected chi connectivity index (χ3v) is 4.18. The first-order chi connectivity index (χ1) is 7.73. The fourth-order valence-electron chi connectivity index (χ4n) is 2.05. The minimum atomic E-state index is -1.74. The molecule has 1 aliphatic heterocycles. The predicted molar refractivity (Wildman–Crippen MR) is 77.3 cm³/mol. The van der Waals surface area contributed by atoms with Crippen molar-refractivity contribution in [2.45, 2.75) is 77.9 Å². The second kappa shape index (κ2) is 4.68. The summed E-state index contributed by atoms with van der Waals surface area (Å²) in [5.74, 6) is -1.48. The molecular formula is C12H28O4Si2. The Hall–Kier alpha value is 0.274. The molecule has 0 radical (unpaired) electrons. The molecule has 0 aliphatic carbocycles. The minimum Gasteiger partial charge on any atom is -0.389 e. The zero-order chi connectivity index (χ0) is 14.4. The second-order valence-electron chi connectivity index (χ2n) is 7.41. The van der Waals surface area contributed by atoms with Gasteiger partial charge in [0.05, 0.1) is 0 Å². The number of hydrogen-bond acceptors (Lipinski definition) is 4. The summed E-state index contributed by atoms with van der Waals surface area (Å²) in [6, 6.07) is 0. The Morgan fingerprint density at radius 1 is 0.889 bits per heavy atom. The third kappa shape index (κ3) is 4.75. The molecule has 0 spiro atoms. The zero-order valence-electron chi connectivity index (χ0n) is 13.2. The van der Waals surface area contributed by atoms with Gasteiger partial charge in [-0.15, -0.1) is 0 Å². The molecule has 0 aromatic carbocycles. The van der Waals surface area contributed by atoms with Crippen molar-refractivity contribution in [3.63, 3.8) is 0 Å². The largest absolute Gasteiger partial charge is 0.389 e. The molecule has 0 amide bonds. The highest BCUT2D eigenvalue weighted by Crippen LogP contribution is 2.40. The van der Waals surface area contributed by atoms with Crippen molar-refractivity contribution < 1.29 is 18.3 Å². The van der Waals surface area contributed by atoms with Gasteiger partial charge in [-0.3, -0.25) is 0 Å². The van der Waals surface area contributed by atoms with E-state index in [1.54, 1.807) is 0 Å². The van der Waals surface area contributed by atoms with E-state index in [1.165, 1.54) is 0 Å². The summed E-state index contributed by atoms with van der Waals surface area (Å²) in [4.78, 5) is 0. The van der Waals surface area contributed by atoms with Gasteiger partial charge in [-0.1, -0.05) is 0 Å². The van der Waals surface area contributed by atoms with Gasteiger partial charge in [-0.2, -0.15) is 0 Å². The Kier molecular flexibility index (Phi) is 4.24. The standard InChI is InChI=1S/C12H28O4Si2/c1-11(2)13-10(14-17(4,5)6)12(3,15-11)16-18(7,8)9/h10H,1-9H3/t10-,12-/m1/s1. The lowest BCUT2D eigenvalue weighted by Gasteiger charge is -2.37. The van der Waals surface area contributed by atoms with Gasteiger partial charge in [-0.25, -0.2) is 0 Å². The van der Waals surface area contributed by atoms with E-state index in [0.29, 0.717) is 0 Å². The molecule has 18 heavy (non-hydrogen) atoms. The molecule has 1 heterocycles. The van der Waals surface area contributed by atoms with Crippen molar-refractivity contribution in [3.8, 4) is 0 Å². The molecule has 0 saturated carbocycles. The van der Waals surface area contributed by atoms with Crippen LogP contribution in [0.4, 0.5) is 0 Å². The molecule has 108 valence electrons. The highest BCUT2D eigenvalue weighted by molar-refractivity contribution is 6.70. The van der Waals surface area contributed by atoms with E-state index < -0.39 is 34.5 Å². The van der Waals surface area contributed by atoms with Crippen LogP contribution in [0.1, 0.15) is 20.8 Å². The molecule has 0 unspecified atom stereocenters. The van der Waals surface area contributed by atoms with Gasteiger partial charge in [0.15, 0.2) is 22.4 Å². The van der Waals surface area contributed by atoms with E-state index in [0.717, 1.165) is 0 Å². The smallest absolute Gasteiger partial charge is 0.210 e. The summed E-state index contributed by atoms with van der Waals surface area (Å²) in [5, 5.41) is 0. The minimum absolute atomic E-state index is 0.453. The van der Waals surface area contributed by atoms with Gasteiger partial charge >= 0.3 is 0 Å². The van der Waals surface area contributed by atoms with Crippen molar-refractivity contribution in [2.75, 3.05) is 0 Å². The molecular weight excluding hydrogens is 264 g/mol. The Balaban J connectivity index is 2.91. The first-order valence-corrected chi connectivity index (χ1v) is 13.3. The van der Waals surface area contributed by atoms with Crippen LogP contribution in [0.25, 0.3) is 0 Å². The van der Waals surface area contributed by atoms with Gasteiger partial charge in [0.25, 0.3) is 0 Å². The molecule has 6 heteroatoms. The van der Waals surface area contributed by atoms with Crippen LogP contribution in [0.3, 0.4) is 0 Å². The number of rotatable bonds is 4. The van der Waals surface area contributed by atoms with E-state index in [1.807, 2.05) is 20.8 Å². The normalized spacial score (nSPS) is 32.8. The van der Waals surface area contributed by atoms with Crippen molar-refractivity contribution in [2.24, 2.45) is 0 Å². The highest BCUT2D eigenvalue weighted by atomic mass is 28.4. The lowest BCUT2D eigenvalue weighted by atomic mass is 10.3. The SMILES string of the molecule is CC1(C)O[C@H](O[Si](C)(C)C)[C@@](C)(O[Si](C)(C)C)O1. The van der Waals surface area contributed by atoms with Gasteiger partial charge in [0, 0.05) is 0 Å². The number of ether oxygens (including phenoxy) is 2. The Labute approximate surface area is 113 Å². The molecule has 2 atom stereocenters. The van der Waals surface area contributed by atoms with E-state index in [9.17, 15) is 0 Å². The van der Waals surface area contributed by atoms with Gasteiger partial charge in [0.2, 0.25) is 12.1 Å². The Bertz CT molecular complexity index is 306. The van der Waals surface area contributed by atoms with E-state index in [-0.39, 0.29) is 0 Å². The Morgan fingerprint density at radius 3 is 1.78 bits per heavy atom. The van der Waals surface area contributed by atoms with Crippen molar-refractivity contribution in [3.05, 3.63) is 0 Å². The Morgan fingerprint density at radius 2 is 1.39 bits per heavy atom. The summed E-state index contributed by atoms with van der Waals surface area (Å²) in [7, 11) is -3.46. The lowest BCUT2D eigenvalue weighted by molar-refractivity contribution is -0.217. The molecule has 4 nitrogen and oxygen atoms in total. The van der Waals surface area contributed by atoms with E-state index in [2.05, 4.69) is 39.3 Å². The molecule has 0 aromatic rings. The maximum Gasteiger partial charge on any atom is 0.210 e. The van der Waals surface area contributed by atoms with Gasteiger partial charge in [-0.05, 0) is 60.1 Å². The van der Waals surface area contributed by atoms with Crippen LogP contribution in [0.15, 0.2) is 0 Å². The number of hydrogen-bond donors (Lipinski definition) is 0. The van der Waals surface area contributed by atoms with Crippen LogP contribution >= 0.6 is 0 Å². The van der Waals surface area contributed by atoms with E-state index in [4.69, 9.17) is 18.3 Å². The van der Waals surface area contributed by atoms with Crippen molar-refractivity contribution in [1.29, 1.82) is 0 Å². The van der Waals surface area contributed by atoms with Crippen LogP contribution in [0, 0.1) is 0 Å². The third-order valence-electron chi connectivity index (χ3n) is 2.24. The molecule has 0 bridgehead atoms. The zero-order valence-corrected chi connectivity index (χ0v) is 15.2. The summed E-state index contributed by atoms with van der Waals surface area (Å²) < 4.78 is 24.1. The average molecular weight is 293 g/mol. The topological polar surface area (TPSA) is 36.9 Å². The van der Waals surface area contributed by atoms with Gasteiger partial charge < -0.3 is 18.3 Å². The van der Waals surface area contributed by atoms with Gasteiger partial charge in [0.1, 0.15) is 0 Å². The average Bonchev–Trinajstić information content (AvgIpc) is 2.11. The monoisotopic (exact) mass is 292 g/mol. The summed E-state index contributed by atoms with van der Waals surface area (Å²) >= 11 is 0. The maximum absolute atomic E-state index is 6.17. The molecule has 0 N–H and O–H groups in total. The van der Waals surface area contributed by atoms with Crippen molar-refractivity contribution in [1.82, 2.24) is 0 Å². The summed E-state index contributed by atoms with van der Waals surface area (Å²) in [6.45, 7) is 18.5. The van der Waals surface area contributed by atoms with Crippen LogP contribution in [0.5, 0.6) is 0 Å². The fourth-order valence-corrected chi connectivity index (χ4v) is 4.31. The molecule has 1 fully saturated rings. The fraction of sp³-hybridized carbons (Fsp3) is 1.00. The lowest BCUT2D eigenvalue weighted by Crippen LogP contribution is -2.51. The highest BCUT2D eigenvalue weighted by Gasteiger charge is 2.54.